The summed E-state index contributed by atoms with van der Waals surface area (Å²) in [6, 6.07) is 0.970. The zero-order chi connectivity index (χ0) is 14.8. The molecule has 3 rings (SSSR count). The quantitative estimate of drug-likeness (QED) is 0.937. The zero-order valence-corrected chi connectivity index (χ0v) is 11.9. The van der Waals surface area contributed by atoms with Gasteiger partial charge in [0.15, 0.2) is 5.16 Å². The molecule has 0 atom stereocenters. The number of rotatable bonds is 3. The highest BCUT2D eigenvalue weighted by Gasteiger charge is 2.20. The van der Waals surface area contributed by atoms with Crippen molar-refractivity contribution in [2.75, 3.05) is 0 Å². The second-order valence-corrected chi connectivity index (χ2v) is 5.73. The third kappa shape index (κ3) is 2.90. The number of fused-ring (bicyclic) bond motifs is 1. The molecule has 3 heterocycles. The maximum Gasteiger partial charge on any atom is 0.338 e. The summed E-state index contributed by atoms with van der Waals surface area (Å²) in [5.41, 5.74) is -0.161. The summed E-state index contributed by atoms with van der Waals surface area (Å²) in [6.07, 6.45) is 5.15. The van der Waals surface area contributed by atoms with Gasteiger partial charge >= 0.3 is 5.97 Å². The first-order valence-electron chi connectivity index (χ1n) is 6.64. The molecule has 21 heavy (non-hydrogen) atoms. The van der Waals surface area contributed by atoms with Crippen LogP contribution >= 0.6 is 11.8 Å². The van der Waals surface area contributed by atoms with Crippen molar-refractivity contribution in [3.63, 3.8) is 0 Å². The van der Waals surface area contributed by atoms with E-state index in [1.807, 2.05) is 4.57 Å². The Morgan fingerprint density at radius 2 is 2.19 bits per heavy atom. The van der Waals surface area contributed by atoms with Gasteiger partial charge in [-0.25, -0.2) is 14.2 Å². The van der Waals surface area contributed by atoms with Crippen LogP contribution in [-0.4, -0.2) is 30.8 Å². The molecule has 2 aromatic rings. The van der Waals surface area contributed by atoms with Crippen molar-refractivity contribution in [1.82, 2.24) is 19.7 Å². The summed E-state index contributed by atoms with van der Waals surface area (Å²) < 4.78 is 15.1. The van der Waals surface area contributed by atoms with Gasteiger partial charge in [-0.15, -0.1) is 10.2 Å². The van der Waals surface area contributed by atoms with E-state index in [9.17, 15) is 9.18 Å². The van der Waals surface area contributed by atoms with Crippen LogP contribution < -0.4 is 0 Å². The fourth-order valence-electron chi connectivity index (χ4n) is 2.28. The highest BCUT2D eigenvalue weighted by atomic mass is 32.2. The summed E-state index contributed by atoms with van der Waals surface area (Å²) in [5.74, 6) is -0.967. The summed E-state index contributed by atoms with van der Waals surface area (Å²) >= 11 is 1.11. The minimum absolute atomic E-state index is 0.161. The van der Waals surface area contributed by atoms with Gasteiger partial charge in [0.05, 0.1) is 11.8 Å². The standard InChI is InChI=1S/C13H13FN4O2S/c14-8-6-9(12(19)20)11(15-7-8)21-13-17-16-10-4-2-1-3-5-18(10)13/h6-7H,1-5H2,(H,19,20). The number of halogens is 1. The van der Waals surface area contributed by atoms with E-state index in [0.717, 1.165) is 62.1 Å². The van der Waals surface area contributed by atoms with Crippen molar-refractivity contribution in [2.45, 2.75) is 42.4 Å². The molecule has 1 aliphatic heterocycles. The molecule has 2 aromatic heterocycles. The Morgan fingerprint density at radius 3 is 3.00 bits per heavy atom. The van der Waals surface area contributed by atoms with Crippen LogP contribution in [0.2, 0.25) is 0 Å². The summed E-state index contributed by atoms with van der Waals surface area (Å²) in [4.78, 5) is 15.1. The van der Waals surface area contributed by atoms with E-state index >= 15 is 0 Å². The third-order valence-corrected chi connectivity index (χ3v) is 4.31. The van der Waals surface area contributed by atoms with Crippen LogP contribution in [-0.2, 0) is 13.0 Å². The lowest BCUT2D eigenvalue weighted by Crippen LogP contribution is -2.05. The monoisotopic (exact) mass is 308 g/mol. The number of hydrogen-bond donors (Lipinski definition) is 1. The van der Waals surface area contributed by atoms with Crippen LogP contribution in [0.5, 0.6) is 0 Å². The summed E-state index contributed by atoms with van der Waals surface area (Å²) in [5, 5.41) is 18.2. The molecule has 1 aliphatic rings. The predicted molar refractivity (Wildman–Crippen MR) is 72.9 cm³/mol. The van der Waals surface area contributed by atoms with Crippen molar-refractivity contribution in [2.24, 2.45) is 0 Å². The molecule has 0 spiro atoms. The number of nitrogens with zero attached hydrogens (tertiary/aromatic N) is 4. The normalized spacial score (nSPS) is 14.5. The van der Waals surface area contributed by atoms with Gasteiger partial charge in [-0.1, -0.05) is 6.42 Å². The van der Waals surface area contributed by atoms with E-state index in [1.54, 1.807) is 0 Å². The molecule has 0 saturated heterocycles. The highest BCUT2D eigenvalue weighted by Crippen LogP contribution is 2.29. The number of aryl methyl sites for hydroxylation is 1. The Hall–Kier alpha value is -1.96. The highest BCUT2D eigenvalue weighted by molar-refractivity contribution is 7.99. The Bertz CT molecular complexity index is 689. The van der Waals surface area contributed by atoms with Gasteiger partial charge in [-0.2, -0.15) is 0 Å². The molecule has 8 heteroatoms. The molecule has 0 aliphatic carbocycles. The lowest BCUT2D eigenvalue weighted by Gasteiger charge is -2.07. The van der Waals surface area contributed by atoms with Gasteiger partial charge in [-0.3, -0.25) is 0 Å². The molecule has 6 nitrogen and oxygen atoms in total. The second-order valence-electron chi connectivity index (χ2n) is 4.77. The Balaban J connectivity index is 1.94. The molecular formula is C13H13FN4O2S. The molecule has 0 fully saturated rings. The molecule has 0 radical (unpaired) electrons. The molecule has 1 N–H and O–H groups in total. The van der Waals surface area contributed by atoms with Crippen molar-refractivity contribution < 1.29 is 14.3 Å². The number of carboxylic acid groups (broad SMARTS) is 1. The zero-order valence-electron chi connectivity index (χ0n) is 11.1. The Kier molecular flexibility index (Phi) is 3.87. The lowest BCUT2D eigenvalue weighted by atomic mass is 10.2. The van der Waals surface area contributed by atoms with Gasteiger partial charge in [0.1, 0.15) is 16.7 Å². The van der Waals surface area contributed by atoms with Gasteiger partial charge < -0.3 is 9.67 Å². The SMILES string of the molecule is O=C(O)c1cc(F)cnc1Sc1nnc2n1CCCCC2. The number of hydrogen-bond acceptors (Lipinski definition) is 5. The van der Waals surface area contributed by atoms with Crippen molar-refractivity contribution in [3.8, 4) is 0 Å². The van der Waals surface area contributed by atoms with Crippen LogP contribution in [0.1, 0.15) is 35.4 Å². The molecule has 0 unspecified atom stereocenters. The average molecular weight is 308 g/mol. The van der Waals surface area contributed by atoms with Crippen LogP contribution in [0.25, 0.3) is 0 Å². The topological polar surface area (TPSA) is 80.9 Å². The fourth-order valence-corrected chi connectivity index (χ4v) is 3.20. The molecular weight excluding hydrogens is 295 g/mol. The molecule has 0 saturated carbocycles. The number of aromatic carboxylic acids is 1. The van der Waals surface area contributed by atoms with Crippen LogP contribution in [0, 0.1) is 5.82 Å². The van der Waals surface area contributed by atoms with Gasteiger partial charge in [0, 0.05) is 13.0 Å². The minimum atomic E-state index is -1.21. The smallest absolute Gasteiger partial charge is 0.338 e. The summed E-state index contributed by atoms with van der Waals surface area (Å²) in [6.45, 7) is 0.814. The number of aromatic nitrogens is 4. The maximum absolute atomic E-state index is 13.1. The number of carbonyl (C=O) groups is 1. The second kappa shape index (κ2) is 5.80. The number of pyridine rings is 1. The predicted octanol–water partition coefficient (Wildman–Crippen LogP) is 2.39. The first kappa shape index (κ1) is 14.0. The van der Waals surface area contributed by atoms with Crippen molar-refractivity contribution >= 4 is 17.7 Å². The van der Waals surface area contributed by atoms with Gasteiger partial charge in [-0.05, 0) is 30.7 Å². The third-order valence-electron chi connectivity index (χ3n) is 3.31. The first-order chi connectivity index (χ1) is 10.1. The summed E-state index contributed by atoms with van der Waals surface area (Å²) in [7, 11) is 0. The average Bonchev–Trinajstić information content (AvgIpc) is 2.69. The van der Waals surface area contributed by atoms with Crippen molar-refractivity contribution in [3.05, 3.63) is 29.5 Å². The Morgan fingerprint density at radius 1 is 1.33 bits per heavy atom. The maximum atomic E-state index is 13.1. The van der Waals surface area contributed by atoms with E-state index in [0.29, 0.717) is 5.16 Å². The van der Waals surface area contributed by atoms with Crippen LogP contribution in [0.15, 0.2) is 22.4 Å². The minimum Gasteiger partial charge on any atom is -0.478 e. The fraction of sp³-hybridized carbons (Fsp3) is 0.385. The number of carboxylic acids is 1. The molecule has 110 valence electrons. The van der Waals surface area contributed by atoms with Crippen molar-refractivity contribution in [1.29, 1.82) is 0 Å². The van der Waals surface area contributed by atoms with Crippen LogP contribution in [0.3, 0.4) is 0 Å². The van der Waals surface area contributed by atoms with E-state index in [2.05, 4.69) is 15.2 Å². The van der Waals surface area contributed by atoms with E-state index in [-0.39, 0.29) is 10.6 Å². The van der Waals surface area contributed by atoms with E-state index in [4.69, 9.17) is 5.11 Å². The Labute approximate surface area is 124 Å². The lowest BCUT2D eigenvalue weighted by molar-refractivity contribution is 0.0691. The van der Waals surface area contributed by atoms with E-state index in [1.165, 1.54) is 0 Å². The molecule has 0 amide bonds. The van der Waals surface area contributed by atoms with E-state index < -0.39 is 11.8 Å². The molecule has 0 bridgehead atoms. The first-order valence-corrected chi connectivity index (χ1v) is 7.45. The van der Waals surface area contributed by atoms with Crippen LogP contribution in [0.4, 0.5) is 4.39 Å². The van der Waals surface area contributed by atoms with Gasteiger partial charge in [0.25, 0.3) is 0 Å². The molecule has 0 aromatic carbocycles. The largest absolute Gasteiger partial charge is 0.478 e. The van der Waals surface area contributed by atoms with Gasteiger partial charge in [0.2, 0.25) is 0 Å².